The molecule has 13 heteroatoms. The fourth-order valence-corrected chi connectivity index (χ4v) is 4.24. The molecule has 3 N–H and O–H groups in total. The van der Waals surface area contributed by atoms with E-state index in [0.29, 0.717) is 43.5 Å². The molecule has 0 aliphatic carbocycles. The highest BCUT2D eigenvalue weighted by Crippen LogP contribution is 2.34. The number of carbonyl (C=O) groups is 3. The molecule has 1 atom stereocenters. The van der Waals surface area contributed by atoms with Crippen LogP contribution in [0.15, 0.2) is 18.2 Å². The van der Waals surface area contributed by atoms with Crippen LogP contribution in [-0.2, 0) is 20.8 Å². The third kappa shape index (κ3) is 5.75. The zero-order chi connectivity index (χ0) is 22.9. The SMILES string of the molecule is CCOc1ccc2nc(N3CC(C(=O)NCCCc4nn[nH]n4)CC3=O)sc2c1.O=CO. The molecular formula is C19H23N7O5S. The van der Waals surface area contributed by atoms with Gasteiger partial charge in [0.1, 0.15) is 5.75 Å². The molecule has 1 aliphatic heterocycles. The van der Waals surface area contributed by atoms with E-state index in [4.69, 9.17) is 14.6 Å². The van der Waals surface area contributed by atoms with E-state index in [-0.39, 0.29) is 30.6 Å². The van der Waals surface area contributed by atoms with Crippen molar-refractivity contribution in [3.63, 3.8) is 0 Å². The lowest BCUT2D eigenvalue weighted by Crippen LogP contribution is -2.33. The first-order valence-electron chi connectivity index (χ1n) is 9.97. The molecule has 3 aromatic rings. The first-order chi connectivity index (χ1) is 15.5. The molecule has 1 aliphatic rings. The number of rotatable bonds is 8. The van der Waals surface area contributed by atoms with Gasteiger partial charge in [0.2, 0.25) is 11.8 Å². The fourth-order valence-electron chi connectivity index (χ4n) is 3.22. The van der Waals surface area contributed by atoms with Gasteiger partial charge in [0.25, 0.3) is 6.47 Å². The Morgan fingerprint density at radius 1 is 1.47 bits per heavy atom. The number of benzene rings is 1. The van der Waals surface area contributed by atoms with E-state index in [0.717, 1.165) is 16.0 Å². The maximum absolute atomic E-state index is 12.5. The van der Waals surface area contributed by atoms with Gasteiger partial charge >= 0.3 is 0 Å². The van der Waals surface area contributed by atoms with Gasteiger partial charge in [0, 0.05) is 25.9 Å². The summed E-state index contributed by atoms with van der Waals surface area (Å²) in [6, 6.07) is 5.68. The maximum atomic E-state index is 12.5. The molecule has 0 radical (unpaired) electrons. The fraction of sp³-hybridized carbons (Fsp3) is 0.421. The molecule has 170 valence electrons. The van der Waals surface area contributed by atoms with Gasteiger partial charge < -0.3 is 15.2 Å². The molecule has 12 nitrogen and oxygen atoms in total. The molecule has 4 rings (SSSR count). The number of H-pyrrole nitrogens is 1. The standard InChI is InChI=1S/C18H21N7O3S.CH2O2/c1-2-28-12-5-6-13-14(9-12)29-18(20-13)25-10-11(8-16(25)26)17(27)19-7-3-4-15-21-23-24-22-15;2-1-3/h5-6,9,11H,2-4,7-8,10H2,1H3,(H,19,27)(H,21,22,23,24);1H,(H,2,3). The molecule has 1 fully saturated rings. The number of carboxylic acid groups (broad SMARTS) is 1. The molecule has 2 aromatic heterocycles. The number of anilines is 1. The number of nitrogens with one attached hydrogen (secondary N) is 2. The Morgan fingerprint density at radius 2 is 2.28 bits per heavy atom. The Balaban J connectivity index is 0.000000913. The van der Waals surface area contributed by atoms with Gasteiger partial charge in [-0.2, -0.15) is 5.21 Å². The van der Waals surface area contributed by atoms with Crippen molar-refractivity contribution in [2.24, 2.45) is 5.92 Å². The highest BCUT2D eigenvalue weighted by Gasteiger charge is 2.36. The number of aromatic amines is 1. The van der Waals surface area contributed by atoms with E-state index in [1.165, 1.54) is 11.3 Å². The van der Waals surface area contributed by atoms with E-state index < -0.39 is 0 Å². The van der Waals surface area contributed by atoms with Crippen LogP contribution in [0.25, 0.3) is 10.2 Å². The van der Waals surface area contributed by atoms with Crippen molar-refractivity contribution in [1.82, 2.24) is 30.9 Å². The number of aromatic nitrogens is 5. The Bertz CT molecular complexity index is 1060. The van der Waals surface area contributed by atoms with E-state index in [9.17, 15) is 9.59 Å². The van der Waals surface area contributed by atoms with Crippen molar-refractivity contribution in [3.8, 4) is 5.75 Å². The summed E-state index contributed by atoms with van der Waals surface area (Å²) in [5.41, 5.74) is 0.815. The van der Waals surface area contributed by atoms with Crippen LogP contribution in [0.1, 0.15) is 25.6 Å². The van der Waals surface area contributed by atoms with Crippen molar-refractivity contribution in [2.45, 2.75) is 26.2 Å². The van der Waals surface area contributed by atoms with Crippen LogP contribution >= 0.6 is 11.3 Å². The highest BCUT2D eigenvalue weighted by atomic mass is 32.1. The minimum atomic E-state index is -0.376. The summed E-state index contributed by atoms with van der Waals surface area (Å²) >= 11 is 1.43. The number of amides is 2. The van der Waals surface area contributed by atoms with Crippen molar-refractivity contribution in [3.05, 3.63) is 24.0 Å². The molecule has 0 bridgehead atoms. The highest BCUT2D eigenvalue weighted by molar-refractivity contribution is 7.22. The number of ether oxygens (including phenoxy) is 1. The van der Waals surface area contributed by atoms with Crippen molar-refractivity contribution in [2.75, 3.05) is 24.6 Å². The van der Waals surface area contributed by atoms with Crippen LogP contribution in [0.3, 0.4) is 0 Å². The summed E-state index contributed by atoms with van der Waals surface area (Å²) in [6.45, 7) is 3.11. The molecule has 0 saturated carbocycles. The van der Waals surface area contributed by atoms with Gasteiger partial charge in [-0.3, -0.25) is 19.3 Å². The summed E-state index contributed by atoms with van der Waals surface area (Å²) in [6.07, 6.45) is 1.52. The predicted octanol–water partition coefficient (Wildman–Crippen LogP) is 1.01. The maximum Gasteiger partial charge on any atom is 0.290 e. The van der Waals surface area contributed by atoms with Gasteiger partial charge in [0.15, 0.2) is 11.0 Å². The molecule has 1 unspecified atom stereocenters. The molecule has 0 spiro atoms. The second-order valence-corrected chi connectivity index (χ2v) is 7.80. The lowest BCUT2D eigenvalue weighted by Gasteiger charge is -2.13. The summed E-state index contributed by atoms with van der Waals surface area (Å²) < 4.78 is 6.47. The molecule has 2 amide bonds. The molecule has 1 aromatic carbocycles. The second kappa shape index (κ2) is 11.1. The lowest BCUT2D eigenvalue weighted by molar-refractivity contribution is -0.126. The quantitative estimate of drug-likeness (QED) is 0.328. The second-order valence-electron chi connectivity index (χ2n) is 6.79. The zero-order valence-corrected chi connectivity index (χ0v) is 18.2. The predicted molar refractivity (Wildman–Crippen MR) is 115 cm³/mol. The summed E-state index contributed by atoms with van der Waals surface area (Å²) in [5.74, 6) is 0.819. The van der Waals surface area contributed by atoms with Crippen molar-refractivity contribution >= 4 is 45.0 Å². The number of hydrogen-bond acceptors (Lipinski definition) is 9. The van der Waals surface area contributed by atoms with Gasteiger partial charge in [-0.1, -0.05) is 16.6 Å². The Morgan fingerprint density at radius 3 is 3.00 bits per heavy atom. The largest absolute Gasteiger partial charge is 0.494 e. The van der Waals surface area contributed by atoms with Crippen LogP contribution in [0.4, 0.5) is 5.13 Å². The minimum absolute atomic E-state index is 0.0824. The Kier molecular flexibility index (Phi) is 8.02. The Labute approximate surface area is 187 Å². The van der Waals surface area contributed by atoms with Crippen LogP contribution in [-0.4, -0.2) is 68.7 Å². The van der Waals surface area contributed by atoms with Gasteiger partial charge in [-0.15, -0.1) is 10.2 Å². The lowest BCUT2D eigenvalue weighted by atomic mass is 10.1. The summed E-state index contributed by atoms with van der Waals surface area (Å²) in [7, 11) is 0. The number of tetrazole rings is 1. The van der Waals surface area contributed by atoms with E-state index in [2.05, 4.69) is 30.9 Å². The third-order valence-electron chi connectivity index (χ3n) is 4.65. The average molecular weight is 462 g/mol. The number of hydrogen-bond donors (Lipinski definition) is 3. The average Bonchev–Trinajstić information content (AvgIpc) is 3.51. The van der Waals surface area contributed by atoms with Crippen molar-refractivity contribution in [1.29, 1.82) is 0 Å². The smallest absolute Gasteiger partial charge is 0.290 e. The van der Waals surface area contributed by atoms with E-state index in [1.807, 2.05) is 25.1 Å². The van der Waals surface area contributed by atoms with Crippen LogP contribution < -0.4 is 15.0 Å². The molecule has 32 heavy (non-hydrogen) atoms. The van der Waals surface area contributed by atoms with E-state index >= 15 is 0 Å². The number of nitrogens with zero attached hydrogens (tertiary/aromatic N) is 5. The van der Waals surface area contributed by atoms with Gasteiger partial charge in [0.05, 0.1) is 22.7 Å². The van der Waals surface area contributed by atoms with Crippen LogP contribution in [0.5, 0.6) is 5.75 Å². The van der Waals surface area contributed by atoms with Crippen molar-refractivity contribution < 1.29 is 24.2 Å². The Hall–Kier alpha value is -3.61. The molecular weight excluding hydrogens is 438 g/mol. The third-order valence-corrected chi connectivity index (χ3v) is 5.69. The number of carbonyl (C=O) groups excluding carboxylic acids is 2. The van der Waals surface area contributed by atoms with Crippen LogP contribution in [0.2, 0.25) is 0 Å². The van der Waals surface area contributed by atoms with E-state index in [1.54, 1.807) is 4.90 Å². The topological polar surface area (TPSA) is 163 Å². The van der Waals surface area contributed by atoms with Crippen LogP contribution in [0, 0.1) is 5.92 Å². The normalized spacial score (nSPS) is 15.3. The van der Waals surface area contributed by atoms with Gasteiger partial charge in [-0.05, 0) is 31.5 Å². The minimum Gasteiger partial charge on any atom is -0.494 e. The van der Waals surface area contributed by atoms with Gasteiger partial charge in [-0.25, -0.2) is 4.98 Å². The summed E-state index contributed by atoms with van der Waals surface area (Å²) in [4.78, 5) is 39.5. The number of fused-ring (bicyclic) bond motifs is 1. The number of thiazole rings is 1. The monoisotopic (exact) mass is 461 g/mol. The first kappa shape index (κ1) is 23.1. The first-order valence-corrected chi connectivity index (χ1v) is 10.8. The number of aryl methyl sites for hydroxylation is 1. The molecule has 1 saturated heterocycles. The molecule has 3 heterocycles. The summed E-state index contributed by atoms with van der Waals surface area (Å²) in [5, 5.41) is 24.0. The zero-order valence-electron chi connectivity index (χ0n) is 17.4.